The number of anilines is 1. The first kappa shape index (κ1) is 28.3. The van der Waals surface area contributed by atoms with Crippen LogP contribution in [-0.2, 0) is 10.0 Å². The lowest BCUT2D eigenvalue weighted by Crippen LogP contribution is -2.35. The molecular weight excluding hydrogens is 540 g/mol. The minimum atomic E-state index is -3.48. The van der Waals surface area contributed by atoms with Crippen LogP contribution in [0.2, 0.25) is 5.02 Å². The van der Waals surface area contributed by atoms with Gasteiger partial charge in [-0.05, 0) is 68.7 Å². The van der Waals surface area contributed by atoms with Gasteiger partial charge in [0, 0.05) is 29.1 Å². The standard InChI is InChI=1S/C28H31ClN4O5S/c1-32(2)14-15-33(39(5,35)36)21-10-8-20(9-11-21)30-27(18-6-13-24(37-3)25(16-18)38-4)26-22-12-7-19(29)17-23(22)31-28(26)34/h6-13,16-17,31,34H,14-15H2,1-5H3. The summed E-state index contributed by atoms with van der Waals surface area (Å²) in [6, 6.07) is 17.6. The van der Waals surface area contributed by atoms with E-state index < -0.39 is 10.0 Å². The lowest BCUT2D eigenvalue weighted by molar-refractivity contribution is 0.355. The fourth-order valence-corrected chi connectivity index (χ4v) is 5.33. The largest absolute Gasteiger partial charge is 0.494 e. The third kappa shape index (κ3) is 6.30. The van der Waals surface area contributed by atoms with Crippen molar-refractivity contribution in [2.75, 3.05) is 52.0 Å². The second-order valence-corrected chi connectivity index (χ2v) is 11.6. The molecule has 0 bridgehead atoms. The first-order chi connectivity index (χ1) is 18.5. The average molecular weight is 571 g/mol. The van der Waals surface area contributed by atoms with E-state index in [9.17, 15) is 13.5 Å². The van der Waals surface area contributed by atoms with Crippen LogP contribution in [-0.4, -0.2) is 76.8 Å². The summed E-state index contributed by atoms with van der Waals surface area (Å²) in [6.45, 7) is 0.886. The lowest BCUT2D eigenvalue weighted by atomic mass is 10.00. The van der Waals surface area contributed by atoms with Crippen molar-refractivity contribution in [2.45, 2.75) is 0 Å². The van der Waals surface area contributed by atoms with Gasteiger partial charge in [0.1, 0.15) is 0 Å². The molecule has 0 atom stereocenters. The molecule has 0 aliphatic carbocycles. The number of nitrogens with zero attached hydrogens (tertiary/aromatic N) is 3. The maximum Gasteiger partial charge on any atom is 0.232 e. The highest BCUT2D eigenvalue weighted by Gasteiger charge is 2.21. The zero-order valence-electron chi connectivity index (χ0n) is 22.4. The summed E-state index contributed by atoms with van der Waals surface area (Å²) in [4.78, 5) is 9.80. The van der Waals surface area contributed by atoms with Crippen LogP contribution in [0, 0.1) is 0 Å². The molecule has 3 aromatic carbocycles. The van der Waals surface area contributed by atoms with Crippen molar-refractivity contribution in [1.29, 1.82) is 0 Å². The van der Waals surface area contributed by atoms with Gasteiger partial charge in [-0.25, -0.2) is 13.4 Å². The molecule has 206 valence electrons. The van der Waals surface area contributed by atoms with Crippen molar-refractivity contribution < 1.29 is 23.0 Å². The highest BCUT2D eigenvalue weighted by atomic mass is 35.5. The van der Waals surface area contributed by atoms with Gasteiger partial charge in [-0.15, -0.1) is 0 Å². The zero-order valence-corrected chi connectivity index (χ0v) is 24.0. The second-order valence-electron chi connectivity index (χ2n) is 9.22. The molecule has 39 heavy (non-hydrogen) atoms. The number of halogens is 1. The van der Waals surface area contributed by atoms with Crippen molar-refractivity contribution in [3.63, 3.8) is 0 Å². The van der Waals surface area contributed by atoms with Crippen LogP contribution in [0.1, 0.15) is 11.1 Å². The Morgan fingerprint density at radius 1 is 0.974 bits per heavy atom. The summed E-state index contributed by atoms with van der Waals surface area (Å²) in [7, 11) is 3.41. The average Bonchev–Trinajstić information content (AvgIpc) is 3.21. The van der Waals surface area contributed by atoms with Gasteiger partial charge in [0.25, 0.3) is 0 Å². The van der Waals surface area contributed by atoms with Gasteiger partial charge in [0.15, 0.2) is 17.4 Å². The topological polar surface area (TPSA) is 107 Å². The predicted octanol–water partition coefficient (Wildman–Crippen LogP) is 5.04. The molecule has 0 fully saturated rings. The van der Waals surface area contributed by atoms with Gasteiger partial charge in [-0.3, -0.25) is 4.31 Å². The molecule has 1 aromatic heterocycles. The van der Waals surface area contributed by atoms with Crippen LogP contribution >= 0.6 is 11.6 Å². The fourth-order valence-electron chi connectivity index (χ4n) is 4.24. The van der Waals surface area contributed by atoms with E-state index in [1.807, 2.05) is 31.1 Å². The summed E-state index contributed by atoms with van der Waals surface area (Å²) < 4.78 is 37.2. The van der Waals surface area contributed by atoms with E-state index in [-0.39, 0.29) is 5.88 Å². The molecular formula is C28H31ClN4O5S. The van der Waals surface area contributed by atoms with Gasteiger partial charge in [-0.1, -0.05) is 17.7 Å². The number of rotatable bonds is 10. The summed E-state index contributed by atoms with van der Waals surface area (Å²) >= 11 is 6.18. The number of aromatic hydroxyl groups is 1. The molecule has 1 heterocycles. The number of fused-ring (bicyclic) bond motifs is 1. The quantitative estimate of drug-likeness (QED) is 0.259. The van der Waals surface area contributed by atoms with Crippen LogP contribution < -0.4 is 13.8 Å². The van der Waals surface area contributed by atoms with Crippen molar-refractivity contribution >= 4 is 49.6 Å². The van der Waals surface area contributed by atoms with Crippen LogP contribution in [0.15, 0.2) is 65.7 Å². The van der Waals surface area contributed by atoms with E-state index in [2.05, 4.69) is 4.98 Å². The molecule has 0 radical (unpaired) electrons. The highest BCUT2D eigenvalue weighted by Crippen LogP contribution is 2.35. The number of aromatic nitrogens is 1. The van der Waals surface area contributed by atoms with Gasteiger partial charge < -0.3 is 24.5 Å². The maximum atomic E-state index is 12.5. The van der Waals surface area contributed by atoms with E-state index in [0.29, 0.717) is 63.3 Å². The maximum absolute atomic E-state index is 12.5. The van der Waals surface area contributed by atoms with Gasteiger partial charge in [-0.2, -0.15) is 0 Å². The molecule has 11 heteroatoms. The lowest BCUT2D eigenvalue weighted by Gasteiger charge is -2.24. The fraction of sp³-hybridized carbons (Fsp3) is 0.250. The first-order valence-electron chi connectivity index (χ1n) is 12.1. The summed E-state index contributed by atoms with van der Waals surface area (Å²) in [5.74, 6) is 0.993. The number of hydrogen-bond acceptors (Lipinski definition) is 7. The Morgan fingerprint density at radius 3 is 2.28 bits per heavy atom. The minimum absolute atomic E-state index is 0.0654. The Bertz CT molecular complexity index is 1620. The predicted molar refractivity (Wildman–Crippen MR) is 157 cm³/mol. The number of aliphatic imine (C=N–C) groups is 1. The van der Waals surface area contributed by atoms with Crippen molar-refractivity contribution in [3.05, 3.63) is 76.8 Å². The van der Waals surface area contributed by atoms with Gasteiger partial charge in [0.2, 0.25) is 10.0 Å². The third-order valence-electron chi connectivity index (χ3n) is 6.16. The highest BCUT2D eigenvalue weighted by molar-refractivity contribution is 7.92. The molecule has 0 saturated heterocycles. The van der Waals surface area contributed by atoms with E-state index in [1.165, 1.54) is 10.6 Å². The molecule has 9 nitrogen and oxygen atoms in total. The smallest absolute Gasteiger partial charge is 0.232 e. The molecule has 0 aliphatic heterocycles. The summed E-state index contributed by atoms with van der Waals surface area (Å²) in [5.41, 5.74) is 3.39. The normalized spacial score (nSPS) is 12.2. The number of ether oxygens (including phenoxy) is 2. The van der Waals surface area contributed by atoms with Crippen LogP contribution in [0.25, 0.3) is 10.9 Å². The monoisotopic (exact) mass is 570 g/mol. The van der Waals surface area contributed by atoms with E-state index >= 15 is 0 Å². The Labute approximate surface area is 233 Å². The first-order valence-corrected chi connectivity index (χ1v) is 14.3. The number of nitrogens with one attached hydrogen (secondary N) is 1. The number of sulfonamides is 1. The number of benzene rings is 3. The van der Waals surface area contributed by atoms with Gasteiger partial charge >= 0.3 is 0 Å². The van der Waals surface area contributed by atoms with E-state index in [0.717, 1.165) is 5.39 Å². The van der Waals surface area contributed by atoms with Crippen molar-refractivity contribution in [1.82, 2.24) is 9.88 Å². The van der Waals surface area contributed by atoms with Crippen LogP contribution in [0.3, 0.4) is 0 Å². The van der Waals surface area contributed by atoms with Crippen molar-refractivity contribution in [2.24, 2.45) is 4.99 Å². The molecule has 4 aromatic rings. The SMILES string of the molecule is COc1ccc(C(=Nc2ccc(N(CCN(C)C)S(C)(=O)=O)cc2)c2c(O)[nH]c3cc(Cl)ccc23)cc1OC. The molecule has 0 aliphatic rings. The van der Waals surface area contributed by atoms with E-state index in [1.54, 1.807) is 62.8 Å². The summed E-state index contributed by atoms with van der Waals surface area (Å²) in [5, 5.41) is 12.2. The molecule has 4 rings (SSSR count). The molecule has 0 spiro atoms. The number of methoxy groups -OCH3 is 2. The van der Waals surface area contributed by atoms with E-state index in [4.69, 9.17) is 26.1 Å². The summed E-state index contributed by atoms with van der Waals surface area (Å²) in [6.07, 6.45) is 1.19. The Balaban J connectivity index is 1.85. The molecule has 2 N–H and O–H groups in total. The number of likely N-dealkylation sites (N-methyl/N-ethyl adjacent to an activating group) is 1. The zero-order chi connectivity index (χ0) is 28.3. The number of H-pyrrole nitrogens is 1. The third-order valence-corrected chi connectivity index (χ3v) is 7.59. The molecule has 0 unspecified atom stereocenters. The second kappa shape index (κ2) is 11.6. The molecule has 0 saturated carbocycles. The Kier molecular flexibility index (Phi) is 8.39. The Hall–Kier alpha value is -3.73. The number of hydrogen-bond donors (Lipinski definition) is 2. The molecule has 0 amide bonds. The van der Waals surface area contributed by atoms with Crippen LogP contribution in [0.4, 0.5) is 11.4 Å². The van der Waals surface area contributed by atoms with Crippen LogP contribution in [0.5, 0.6) is 17.4 Å². The van der Waals surface area contributed by atoms with Gasteiger partial charge in [0.05, 0.1) is 48.6 Å². The number of aromatic amines is 1. The van der Waals surface area contributed by atoms with Crippen molar-refractivity contribution in [3.8, 4) is 17.4 Å². The minimum Gasteiger partial charge on any atom is -0.494 e. The Morgan fingerprint density at radius 2 is 1.67 bits per heavy atom.